The lowest BCUT2D eigenvalue weighted by atomic mass is 10.2. The summed E-state index contributed by atoms with van der Waals surface area (Å²) in [7, 11) is 1.66. The average molecular weight is 256 g/mol. The van der Waals surface area contributed by atoms with Crippen molar-refractivity contribution in [3.63, 3.8) is 0 Å². The minimum absolute atomic E-state index is 0.180. The van der Waals surface area contributed by atoms with Gasteiger partial charge in [-0.25, -0.2) is 15.0 Å². The molecule has 96 valence electrons. The van der Waals surface area contributed by atoms with Crippen molar-refractivity contribution in [2.75, 3.05) is 12.8 Å². The van der Waals surface area contributed by atoms with Crippen LogP contribution < -0.4 is 5.73 Å². The fourth-order valence-corrected chi connectivity index (χ4v) is 1.89. The maximum Gasteiger partial charge on any atom is 0.240 e. The Morgan fingerprint density at radius 2 is 2.16 bits per heavy atom. The summed E-state index contributed by atoms with van der Waals surface area (Å²) in [5.41, 5.74) is 8.39. The number of hydrogen-bond donors (Lipinski definition) is 1. The van der Waals surface area contributed by atoms with E-state index < -0.39 is 0 Å². The Kier molecular flexibility index (Phi) is 2.81. The zero-order valence-corrected chi connectivity index (χ0v) is 10.3. The van der Waals surface area contributed by atoms with Gasteiger partial charge in [-0.3, -0.25) is 4.57 Å². The van der Waals surface area contributed by atoms with Crippen LogP contribution >= 0.6 is 0 Å². The maximum absolute atomic E-state index is 5.57. The maximum atomic E-state index is 5.57. The Labute approximate surface area is 109 Å². The van der Waals surface area contributed by atoms with Gasteiger partial charge in [0.2, 0.25) is 11.9 Å². The monoisotopic (exact) mass is 256 g/mol. The number of nitrogen functional groups attached to an aromatic ring is 1. The van der Waals surface area contributed by atoms with Crippen molar-refractivity contribution in [2.45, 2.75) is 6.61 Å². The van der Waals surface area contributed by atoms with E-state index in [0.717, 1.165) is 16.6 Å². The molecule has 3 aromatic rings. The molecule has 7 heteroatoms. The first kappa shape index (κ1) is 11.5. The molecule has 0 aliphatic carbocycles. The Balaban J connectivity index is 2.15. The van der Waals surface area contributed by atoms with Crippen molar-refractivity contribution >= 4 is 17.0 Å². The van der Waals surface area contributed by atoms with E-state index >= 15 is 0 Å². The predicted molar refractivity (Wildman–Crippen MR) is 69.6 cm³/mol. The minimum atomic E-state index is 0.180. The second-order valence-electron chi connectivity index (χ2n) is 4.01. The van der Waals surface area contributed by atoms with Crippen LogP contribution in [-0.4, -0.2) is 31.6 Å². The van der Waals surface area contributed by atoms with Crippen molar-refractivity contribution in [1.82, 2.24) is 24.5 Å². The van der Waals surface area contributed by atoms with Crippen LogP contribution in [0.1, 0.15) is 5.56 Å². The molecule has 0 bridgehead atoms. The largest absolute Gasteiger partial charge is 0.380 e. The third-order valence-electron chi connectivity index (χ3n) is 2.72. The van der Waals surface area contributed by atoms with Crippen molar-refractivity contribution in [3.8, 4) is 5.95 Å². The second kappa shape index (κ2) is 4.62. The SMILES string of the molecule is COCc1ccc2ncn(-c3ncnc(N)n3)c2c1. The zero-order valence-electron chi connectivity index (χ0n) is 10.3. The summed E-state index contributed by atoms with van der Waals surface area (Å²) in [6, 6.07) is 5.90. The molecule has 0 amide bonds. The summed E-state index contributed by atoms with van der Waals surface area (Å²) in [6.45, 7) is 0.542. The molecule has 0 aliphatic heterocycles. The number of ether oxygens (including phenoxy) is 1. The molecule has 0 saturated heterocycles. The van der Waals surface area contributed by atoms with E-state index in [0.29, 0.717) is 12.6 Å². The number of hydrogen-bond acceptors (Lipinski definition) is 6. The predicted octanol–water partition coefficient (Wildman–Crippen LogP) is 0.939. The summed E-state index contributed by atoms with van der Waals surface area (Å²) in [4.78, 5) is 16.3. The van der Waals surface area contributed by atoms with Gasteiger partial charge in [-0.1, -0.05) is 6.07 Å². The van der Waals surface area contributed by atoms with Crippen molar-refractivity contribution in [3.05, 3.63) is 36.4 Å². The van der Waals surface area contributed by atoms with Crippen LogP contribution in [0.4, 0.5) is 5.95 Å². The number of anilines is 1. The molecule has 7 nitrogen and oxygen atoms in total. The Bertz CT molecular complexity index is 723. The first-order chi connectivity index (χ1) is 9.28. The summed E-state index contributed by atoms with van der Waals surface area (Å²) in [6.07, 6.45) is 3.04. The fourth-order valence-electron chi connectivity index (χ4n) is 1.89. The number of benzene rings is 1. The van der Waals surface area contributed by atoms with Gasteiger partial charge in [0.05, 0.1) is 17.6 Å². The van der Waals surface area contributed by atoms with E-state index in [4.69, 9.17) is 10.5 Å². The van der Waals surface area contributed by atoms with Gasteiger partial charge in [0.15, 0.2) is 0 Å². The van der Waals surface area contributed by atoms with E-state index in [1.165, 1.54) is 6.33 Å². The van der Waals surface area contributed by atoms with Crippen LogP contribution in [0.15, 0.2) is 30.9 Å². The fraction of sp³-hybridized carbons (Fsp3) is 0.167. The molecule has 1 aromatic carbocycles. The highest BCUT2D eigenvalue weighted by atomic mass is 16.5. The van der Waals surface area contributed by atoms with Crippen LogP contribution in [0.5, 0.6) is 0 Å². The molecule has 0 aliphatic rings. The minimum Gasteiger partial charge on any atom is -0.380 e. The number of rotatable bonds is 3. The van der Waals surface area contributed by atoms with E-state index in [-0.39, 0.29) is 5.95 Å². The van der Waals surface area contributed by atoms with Gasteiger partial charge in [-0.15, -0.1) is 0 Å². The molecular formula is C12H12N6O. The van der Waals surface area contributed by atoms with Gasteiger partial charge in [0.25, 0.3) is 0 Å². The van der Waals surface area contributed by atoms with Crippen LogP contribution in [0.2, 0.25) is 0 Å². The normalized spacial score (nSPS) is 11.0. The number of aromatic nitrogens is 5. The third-order valence-corrected chi connectivity index (χ3v) is 2.72. The van der Waals surface area contributed by atoms with Crippen LogP contribution in [-0.2, 0) is 11.3 Å². The molecular weight excluding hydrogens is 244 g/mol. The molecule has 0 radical (unpaired) electrons. The number of imidazole rings is 1. The topological polar surface area (TPSA) is 91.7 Å². The molecule has 0 unspecified atom stereocenters. The van der Waals surface area contributed by atoms with Gasteiger partial charge in [-0.05, 0) is 17.7 Å². The highest BCUT2D eigenvalue weighted by Crippen LogP contribution is 2.18. The molecule has 19 heavy (non-hydrogen) atoms. The van der Waals surface area contributed by atoms with Crippen molar-refractivity contribution in [1.29, 1.82) is 0 Å². The summed E-state index contributed by atoms with van der Waals surface area (Å²) < 4.78 is 6.90. The first-order valence-corrected chi connectivity index (χ1v) is 5.68. The van der Waals surface area contributed by atoms with E-state index in [1.807, 2.05) is 18.2 Å². The summed E-state index contributed by atoms with van der Waals surface area (Å²) >= 11 is 0. The van der Waals surface area contributed by atoms with Crippen molar-refractivity contribution in [2.24, 2.45) is 0 Å². The molecule has 2 aromatic heterocycles. The lowest BCUT2D eigenvalue weighted by Crippen LogP contribution is -2.04. The van der Waals surface area contributed by atoms with Gasteiger partial charge in [0.1, 0.15) is 12.7 Å². The standard InChI is InChI=1S/C12H12N6O/c1-19-5-8-2-3-9-10(4-8)18(7-16-9)12-15-6-14-11(13)17-12/h2-4,6-7H,5H2,1H3,(H2,13,14,15,17). The quantitative estimate of drug-likeness (QED) is 0.749. The highest BCUT2D eigenvalue weighted by molar-refractivity contribution is 5.77. The van der Waals surface area contributed by atoms with Gasteiger partial charge in [0, 0.05) is 7.11 Å². The molecule has 0 saturated carbocycles. The second-order valence-corrected chi connectivity index (χ2v) is 4.01. The average Bonchev–Trinajstić information content (AvgIpc) is 2.82. The van der Waals surface area contributed by atoms with Crippen molar-refractivity contribution < 1.29 is 4.74 Å². The lowest BCUT2D eigenvalue weighted by molar-refractivity contribution is 0.185. The Hall–Kier alpha value is -2.54. The van der Waals surface area contributed by atoms with Crippen LogP contribution in [0, 0.1) is 0 Å². The molecule has 0 atom stereocenters. The highest BCUT2D eigenvalue weighted by Gasteiger charge is 2.08. The van der Waals surface area contributed by atoms with E-state index in [9.17, 15) is 0 Å². The zero-order chi connectivity index (χ0) is 13.2. The summed E-state index contributed by atoms with van der Waals surface area (Å²) in [5, 5.41) is 0. The summed E-state index contributed by atoms with van der Waals surface area (Å²) in [5.74, 6) is 0.629. The van der Waals surface area contributed by atoms with E-state index in [2.05, 4.69) is 19.9 Å². The number of nitrogens with zero attached hydrogens (tertiary/aromatic N) is 5. The van der Waals surface area contributed by atoms with E-state index in [1.54, 1.807) is 18.0 Å². The van der Waals surface area contributed by atoms with Gasteiger partial charge < -0.3 is 10.5 Å². The van der Waals surface area contributed by atoms with Gasteiger partial charge >= 0.3 is 0 Å². The Morgan fingerprint density at radius 1 is 1.26 bits per heavy atom. The molecule has 2 N–H and O–H groups in total. The lowest BCUT2D eigenvalue weighted by Gasteiger charge is -2.04. The van der Waals surface area contributed by atoms with Crippen LogP contribution in [0.25, 0.3) is 17.0 Å². The molecule has 3 rings (SSSR count). The Morgan fingerprint density at radius 3 is 2.95 bits per heavy atom. The first-order valence-electron chi connectivity index (χ1n) is 5.68. The van der Waals surface area contributed by atoms with Gasteiger partial charge in [-0.2, -0.15) is 4.98 Å². The molecule has 0 fully saturated rings. The molecule has 2 heterocycles. The van der Waals surface area contributed by atoms with Crippen LogP contribution in [0.3, 0.4) is 0 Å². The number of fused-ring (bicyclic) bond motifs is 1. The molecule has 0 spiro atoms. The number of methoxy groups -OCH3 is 1. The number of nitrogens with two attached hydrogens (primary N) is 1. The third kappa shape index (κ3) is 2.11. The smallest absolute Gasteiger partial charge is 0.240 e.